The molecule has 0 fully saturated rings. The van der Waals surface area contributed by atoms with E-state index in [1.165, 1.54) is 0 Å². The Morgan fingerprint density at radius 1 is 1.32 bits per heavy atom. The molecule has 2 rings (SSSR count). The van der Waals surface area contributed by atoms with Gasteiger partial charge in [0.2, 0.25) is 0 Å². The Bertz CT molecular complexity index is 602. The summed E-state index contributed by atoms with van der Waals surface area (Å²) in [5.41, 5.74) is 1.44. The van der Waals surface area contributed by atoms with Crippen LogP contribution in [0, 0.1) is 6.92 Å². The first-order valence-electron chi connectivity index (χ1n) is 5.63. The van der Waals surface area contributed by atoms with Crippen LogP contribution in [0.25, 0.3) is 0 Å². The van der Waals surface area contributed by atoms with Gasteiger partial charge >= 0.3 is 5.97 Å². The van der Waals surface area contributed by atoms with E-state index in [0.717, 1.165) is 5.56 Å². The molecule has 0 saturated carbocycles. The number of carboxylic acid groups (broad SMARTS) is 1. The molecule has 2 aromatic rings. The van der Waals surface area contributed by atoms with Crippen LogP contribution in [0.2, 0.25) is 0 Å². The second-order valence-electron chi connectivity index (χ2n) is 3.94. The minimum Gasteiger partial charge on any atom is -0.476 e. The molecule has 0 aliphatic carbocycles. The van der Waals surface area contributed by atoms with Crippen LogP contribution in [-0.2, 0) is 6.54 Å². The number of hydrogen-bond acceptors (Lipinski definition) is 4. The zero-order valence-corrected chi connectivity index (χ0v) is 11.8. The summed E-state index contributed by atoms with van der Waals surface area (Å²) in [6.45, 7) is 2.22. The summed E-state index contributed by atoms with van der Waals surface area (Å²) >= 11 is 3.22. The maximum Gasteiger partial charge on any atom is 0.356 e. The van der Waals surface area contributed by atoms with Gasteiger partial charge in [-0.2, -0.15) is 0 Å². The summed E-state index contributed by atoms with van der Waals surface area (Å²) in [4.78, 5) is 19.1. The lowest BCUT2D eigenvalue weighted by Crippen LogP contribution is -2.10. The first-order chi connectivity index (χ1) is 9.08. The lowest BCUT2D eigenvalue weighted by molar-refractivity contribution is 0.0689. The van der Waals surface area contributed by atoms with Crippen LogP contribution in [0.4, 0.5) is 5.82 Å². The molecule has 0 saturated heterocycles. The number of carbonyl (C=O) groups is 1. The first-order valence-corrected chi connectivity index (χ1v) is 6.42. The SMILES string of the molecule is Cc1nc(NCc2ccccc2)c(Br)nc1C(=O)O. The van der Waals surface area contributed by atoms with Gasteiger partial charge in [0, 0.05) is 6.54 Å². The molecule has 0 aliphatic rings. The number of rotatable bonds is 4. The Balaban J connectivity index is 2.17. The van der Waals surface area contributed by atoms with E-state index in [1.807, 2.05) is 30.3 Å². The van der Waals surface area contributed by atoms with Crippen LogP contribution in [0.1, 0.15) is 21.7 Å². The number of benzene rings is 1. The lowest BCUT2D eigenvalue weighted by atomic mass is 10.2. The quantitative estimate of drug-likeness (QED) is 0.905. The van der Waals surface area contributed by atoms with Gasteiger partial charge in [0.05, 0.1) is 5.69 Å². The van der Waals surface area contributed by atoms with Gasteiger partial charge in [0.1, 0.15) is 4.60 Å². The highest BCUT2D eigenvalue weighted by Gasteiger charge is 2.14. The molecule has 0 atom stereocenters. The number of aromatic carboxylic acids is 1. The molecule has 5 nitrogen and oxygen atoms in total. The van der Waals surface area contributed by atoms with Gasteiger partial charge in [-0.05, 0) is 28.4 Å². The van der Waals surface area contributed by atoms with Crippen molar-refractivity contribution >= 4 is 27.7 Å². The first kappa shape index (κ1) is 13.5. The van der Waals surface area contributed by atoms with Gasteiger partial charge in [0.15, 0.2) is 11.5 Å². The number of carboxylic acids is 1. The standard InChI is InChI=1S/C13H12BrN3O2/c1-8-10(13(18)19)17-11(14)12(16-8)15-7-9-5-3-2-4-6-9/h2-6H,7H2,1H3,(H,15,16)(H,18,19). The zero-order valence-electron chi connectivity index (χ0n) is 10.2. The predicted octanol–water partition coefficient (Wildman–Crippen LogP) is 2.86. The number of nitrogens with one attached hydrogen (secondary N) is 1. The second-order valence-corrected chi connectivity index (χ2v) is 4.69. The minimum absolute atomic E-state index is 0.0443. The number of halogens is 1. The van der Waals surface area contributed by atoms with Gasteiger partial charge in [-0.15, -0.1) is 0 Å². The number of anilines is 1. The average molecular weight is 322 g/mol. The average Bonchev–Trinajstić information content (AvgIpc) is 2.40. The van der Waals surface area contributed by atoms with E-state index in [2.05, 4.69) is 31.2 Å². The largest absolute Gasteiger partial charge is 0.476 e. The molecule has 1 aromatic heterocycles. The number of nitrogens with zero attached hydrogens (tertiary/aromatic N) is 2. The molecule has 98 valence electrons. The molecule has 1 heterocycles. The molecule has 1 aromatic carbocycles. The maximum absolute atomic E-state index is 10.9. The smallest absolute Gasteiger partial charge is 0.356 e. The van der Waals surface area contributed by atoms with Crippen molar-refractivity contribution in [2.75, 3.05) is 5.32 Å². The van der Waals surface area contributed by atoms with E-state index in [0.29, 0.717) is 22.7 Å². The van der Waals surface area contributed by atoms with Gasteiger partial charge in [-0.25, -0.2) is 14.8 Å². The molecule has 0 bridgehead atoms. The summed E-state index contributed by atoms with van der Waals surface area (Å²) < 4.78 is 0.395. The third-order valence-corrected chi connectivity index (χ3v) is 3.09. The van der Waals surface area contributed by atoms with Crippen molar-refractivity contribution < 1.29 is 9.90 Å². The highest BCUT2D eigenvalue weighted by Crippen LogP contribution is 2.20. The third-order valence-electron chi connectivity index (χ3n) is 2.53. The summed E-state index contributed by atoms with van der Waals surface area (Å²) in [6, 6.07) is 9.84. The highest BCUT2D eigenvalue weighted by atomic mass is 79.9. The molecule has 0 radical (unpaired) electrons. The normalized spacial score (nSPS) is 10.2. The summed E-state index contributed by atoms with van der Waals surface area (Å²) in [7, 11) is 0. The van der Waals surface area contributed by atoms with Gasteiger partial charge in [0.25, 0.3) is 0 Å². The zero-order chi connectivity index (χ0) is 13.8. The van der Waals surface area contributed by atoms with E-state index in [-0.39, 0.29) is 5.69 Å². The summed E-state index contributed by atoms with van der Waals surface area (Å²) in [5.74, 6) is -0.549. The topological polar surface area (TPSA) is 75.1 Å². The van der Waals surface area contributed by atoms with Crippen molar-refractivity contribution in [1.82, 2.24) is 9.97 Å². The van der Waals surface area contributed by atoms with Crippen molar-refractivity contribution in [3.63, 3.8) is 0 Å². The highest BCUT2D eigenvalue weighted by molar-refractivity contribution is 9.10. The Morgan fingerprint density at radius 2 is 2.00 bits per heavy atom. The van der Waals surface area contributed by atoms with Crippen molar-refractivity contribution in [1.29, 1.82) is 0 Å². The van der Waals surface area contributed by atoms with Crippen LogP contribution in [0.15, 0.2) is 34.9 Å². The Labute approximate surface area is 118 Å². The fraction of sp³-hybridized carbons (Fsp3) is 0.154. The van der Waals surface area contributed by atoms with Crippen LogP contribution < -0.4 is 5.32 Å². The predicted molar refractivity (Wildman–Crippen MR) is 75.2 cm³/mol. The molecule has 19 heavy (non-hydrogen) atoms. The van der Waals surface area contributed by atoms with Crippen molar-refractivity contribution in [2.45, 2.75) is 13.5 Å². The van der Waals surface area contributed by atoms with Crippen molar-refractivity contribution in [3.05, 3.63) is 51.9 Å². The van der Waals surface area contributed by atoms with E-state index in [9.17, 15) is 4.79 Å². The Kier molecular flexibility index (Phi) is 4.11. The fourth-order valence-electron chi connectivity index (χ4n) is 1.60. The molecule has 2 N–H and O–H groups in total. The van der Waals surface area contributed by atoms with Crippen molar-refractivity contribution in [3.8, 4) is 0 Å². The molecule has 0 spiro atoms. The summed E-state index contributed by atoms with van der Waals surface area (Å²) in [6.07, 6.45) is 0. The molecule has 0 unspecified atom stereocenters. The second kappa shape index (κ2) is 5.79. The van der Waals surface area contributed by atoms with Crippen LogP contribution >= 0.6 is 15.9 Å². The van der Waals surface area contributed by atoms with Crippen LogP contribution in [0.5, 0.6) is 0 Å². The van der Waals surface area contributed by atoms with E-state index in [4.69, 9.17) is 5.11 Å². The van der Waals surface area contributed by atoms with Gasteiger partial charge in [-0.1, -0.05) is 30.3 Å². The number of aryl methyl sites for hydroxylation is 1. The maximum atomic E-state index is 10.9. The third kappa shape index (κ3) is 3.29. The fourth-order valence-corrected chi connectivity index (χ4v) is 2.00. The number of aromatic nitrogens is 2. The van der Waals surface area contributed by atoms with Gasteiger partial charge < -0.3 is 10.4 Å². The number of hydrogen-bond donors (Lipinski definition) is 2. The van der Waals surface area contributed by atoms with E-state index < -0.39 is 5.97 Å². The van der Waals surface area contributed by atoms with Crippen molar-refractivity contribution in [2.24, 2.45) is 0 Å². The van der Waals surface area contributed by atoms with E-state index in [1.54, 1.807) is 6.92 Å². The molecule has 0 amide bonds. The van der Waals surface area contributed by atoms with Gasteiger partial charge in [-0.3, -0.25) is 0 Å². The monoisotopic (exact) mass is 321 g/mol. The Hall–Kier alpha value is -1.95. The molecule has 0 aliphatic heterocycles. The lowest BCUT2D eigenvalue weighted by Gasteiger charge is -2.09. The molecular formula is C13H12BrN3O2. The minimum atomic E-state index is -1.08. The van der Waals surface area contributed by atoms with Crippen LogP contribution in [-0.4, -0.2) is 21.0 Å². The van der Waals surface area contributed by atoms with E-state index >= 15 is 0 Å². The summed E-state index contributed by atoms with van der Waals surface area (Å²) in [5, 5.41) is 12.1. The Morgan fingerprint density at radius 3 is 2.63 bits per heavy atom. The molecular weight excluding hydrogens is 310 g/mol. The van der Waals surface area contributed by atoms with Crippen LogP contribution in [0.3, 0.4) is 0 Å². The molecule has 6 heteroatoms.